The van der Waals surface area contributed by atoms with Crippen LogP contribution in [0.15, 0.2) is 30.3 Å². The summed E-state index contributed by atoms with van der Waals surface area (Å²) < 4.78 is 5.05. The Morgan fingerprint density at radius 2 is 2.16 bits per heavy atom. The number of nitrogens with zero attached hydrogens (tertiary/aromatic N) is 1. The molecule has 6 nitrogen and oxygen atoms in total. The van der Waals surface area contributed by atoms with Crippen molar-refractivity contribution in [1.82, 2.24) is 10.3 Å². The van der Waals surface area contributed by atoms with Crippen molar-refractivity contribution in [3.63, 3.8) is 0 Å². The zero-order valence-electron chi connectivity index (χ0n) is 10.5. The van der Waals surface area contributed by atoms with Gasteiger partial charge in [0, 0.05) is 6.54 Å². The molecule has 1 aromatic rings. The fourth-order valence-corrected chi connectivity index (χ4v) is 1.94. The van der Waals surface area contributed by atoms with E-state index in [1.54, 1.807) is 0 Å². The number of carbonyl (C=O) groups is 2. The number of alkyl carbamates (subject to hydrolysis) is 1. The maximum absolute atomic E-state index is 11.7. The van der Waals surface area contributed by atoms with Crippen LogP contribution in [0.2, 0.25) is 0 Å². The van der Waals surface area contributed by atoms with Gasteiger partial charge in [0.25, 0.3) is 5.91 Å². The predicted molar refractivity (Wildman–Crippen MR) is 68.7 cm³/mol. The average molecular weight is 263 g/mol. The molecule has 0 aliphatic carbocycles. The predicted octanol–water partition coefficient (Wildman–Crippen LogP) is 0.777. The summed E-state index contributed by atoms with van der Waals surface area (Å²) in [6.45, 7) is 0.704. The molecule has 0 bridgehead atoms. The van der Waals surface area contributed by atoms with Crippen LogP contribution in [-0.4, -0.2) is 29.6 Å². The number of rotatable bonds is 3. The summed E-state index contributed by atoms with van der Waals surface area (Å²) in [4.78, 5) is 23.3. The second-order valence-electron chi connectivity index (χ2n) is 4.43. The second kappa shape index (κ2) is 6.19. The fourth-order valence-electron chi connectivity index (χ4n) is 1.94. The van der Waals surface area contributed by atoms with Crippen LogP contribution in [0.1, 0.15) is 18.4 Å². The van der Waals surface area contributed by atoms with Gasteiger partial charge >= 0.3 is 6.09 Å². The van der Waals surface area contributed by atoms with Gasteiger partial charge in [0.05, 0.1) is 0 Å². The van der Waals surface area contributed by atoms with E-state index in [2.05, 4.69) is 5.32 Å². The van der Waals surface area contributed by atoms with E-state index in [0.717, 1.165) is 17.0 Å². The number of hydrogen-bond acceptors (Lipinski definition) is 4. The highest BCUT2D eigenvalue weighted by Gasteiger charge is 2.28. The van der Waals surface area contributed by atoms with Gasteiger partial charge in [0.15, 0.2) is 0 Å². The Morgan fingerprint density at radius 3 is 2.89 bits per heavy atom. The maximum atomic E-state index is 11.7. The van der Waals surface area contributed by atoms with Gasteiger partial charge in [-0.05, 0) is 18.4 Å². The molecule has 1 saturated heterocycles. The van der Waals surface area contributed by atoms with E-state index in [9.17, 15) is 9.59 Å². The van der Waals surface area contributed by atoms with Gasteiger partial charge in [-0.3, -0.25) is 9.80 Å². The van der Waals surface area contributed by atoms with Crippen molar-refractivity contribution in [1.29, 1.82) is 0 Å². The van der Waals surface area contributed by atoms with Gasteiger partial charge in [0.1, 0.15) is 12.6 Å². The lowest BCUT2D eigenvalue weighted by Gasteiger charge is -2.28. The molecule has 0 radical (unpaired) electrons. The van der Waals surface area contributed by atoms with E-state index >= 15 is 0 Å². The van der Waals surface area contributed by atoms with Crippen molar-refractivity contribution in [2.75, 3.05) is 6.54 Å². The van der Waals surface area contributed by atoms with Crippen LogP contribution in [0.4, 0.5) is 4.79 Å². The molecular formula is C13H17N3O3. The Hall–Kier alpha value is -2.08. The van der Waals surface area contributed by atoms with E-state index < -0.39 is 12.1 Å². The van der Waals surface area contributed by atoms with Crippen LogP contribution >= 0.6 is 0 Å². The lowest BCUT2D eigenvalue weighted by atomic mass is 10.1. The number of amides is 2. The number of carbonyl (C=O) groups excluding carboxylic acids is 2. The molecular weight excluding hydrogens is 246 g/mol. The van der Waals surface area contributed by atoms with Crippen LogP contribution in [-0.2, 0) is 16.1 Å². The van der Waals surface area contributed by atoms with E-state index in [-0.39, 0.29) is 12.5 Å². The van der Waals surface area contributed by atoms with Crippen LogP contribution in [0.3, 0.4) is 0 Å². The number of nitrogens with one attached hydrogen (secondary N) is 1. The van der Waals surface area contributed by atoms with Crippen LogP contribution in [0.5, 0.6) is 0 Å². The van der Waals surface area contributed by atoms with Crippen LogP contribution < -0.4 is 11.2 Å². The summed E-state index contributed by atoms with van der Waals surface area (Å²) >= 11 is 0. The first kappa shape index (κ1) is 13.4. The molecule has 1 atom stereocenters. The minimum atomic E-state index is -0.600. The highest BCUT2D eigenvalue weighted by molar-refractivity contribution is 5.85. The van der Waals surface area contributed by atoms with Crippen molar-refractivity contribution in [3.05, 3.63) is 35.9 Å². The third-order valence-electron chi connectivity index (χ3n) is 2.98. The molecule has 2 amide bonds. The lowest BCUT2D eigenvalue weighted by molar-refractivity contribution is -0.136. The smallest absolute Gasteiger partial charge is 0.408 e. The van der Waals surface area contributed by atoms with Gasteiger partial charge in [-0.25, -0.2) is 10.6 Å². The molecule has 1 fully saturated rings. The SMILES string of the molecule is NN1CCC[C@H](NC(=O)OCc2ccccc2)C1=O. The number of hydrogen-bond donors (Lipinski definition) is 2. The first-order valence-electron chi connectivity index (χ1n) is 6.20. The molecule has 0 aromatic heterocycles. The molecule has 0 saturated carbocycles. The zero-order chi connectivity index (χ0) is 13.7. The second-order valence-corrected chi connectivity index (χ2v) is 4.43. The number of benzene rings is 1. The van der Waals surface area contributed by atoms with Crippen molar-refractivity contribution in [3.8, 4) is 0 Å². The van der Waals surface area contributed by atoms with Crippen LogP contribution in [0, 0.1) is 0 Å². The first-order chi connectivity index (χ1) is 9.16. The third kappa shape index (κ3) is 3.69. The van der Waals surface area contributed by atoms with Gasteiger partial charge in [-0.2, -0.15) is 0 Å². The van der Waals surface area contributed by atoms with Crippen molar-refractivity contribution in [2.24, 2.45) is 5.84 Å². The Labute approximate surface area is 111 Å². The number of hydrazine groups is 1. The summed E-state index contributed by atoms with van der Waals surface area (Å²) in [5.74, 6) is 5.23. The van der Waals surface area contributed by atoms with Gasteiger partial charge in [0.2, 0.25) is 0 Å². The molecule has 2 rings (SSSR count). The molecule has 1 aromatic carbocycles. The van der Waals surface area contributed by atoms with E-state index in [1.165, 1.54) is 0 Å². The Balaban J connectivity index is 1.79. The minimum Gasteiger partial charge on any atom is -0.445 e. The molecule has 0 spiro atoms. The standard InChI is InChI=1S/C13H17N3O3/c14-16-8-4-7-11(12(16)17)15-13(18)19-9-10-5-2-1-3-6-10/h1-3,5-6,11H,4,7-9,14H2,(H,15,18)/t11-/m0/s1. The molecule has 19 heavy (non-hydrogen) atoms. The molecule has 6 heteroatoms. The minimum absolute atomic E-state index is 0.180. The maximum Gasteiger partial charge on any atom is 0.408 e. The summed E-state index contributed by atoms with van der Waals surface area (Å²) in [5.41, 5.74) is 0.896. The van der Waals surface area contributed by atoms with Crippen molar-refractivity contribution in [2.45, 2.75) is 25.5 Å². The number of piperidine rings is 1. The lowest BCUT2D eigenvalue weighted by Crippen LogP contribution is -2.54. The summed E-state index contributed by atoms with van der Waals surface area (Å²) in [7, 11) is 0. The van der Waals surface area contributed by atoms with E-state index in [4.69, 9.17) is 10.6 Å². The van der Waals surface area contributed by atoms with E-state index in [1.807, 2.05) is 30.3 Å². The van der Waals surface area contributed by atoms with Crippen molar-refractivity contribution >= 4 is 12.0 Å². The molecule has 102 valence electrons. The summed E-state index contributed by atoms with van der Waals surface area (Å²) in [6.07, 6.45) is 0.760. The van der Waals surface area contributed by atoms with Gasteiger partial charge in [-0.15, -0.1) is 0 Å². The third-order valence-corrected chi connectivity index (χ3v) is 2.98. The number of nitrogens with two attached hydrogens (primary N) is 1. The van der Waals surface area contributed by atoms with Gasteiger partial charge < -0.3 is 10.1 Å². The molecule has 1 aliphatic rings. The number of ether oxygens (including phenoxy) is 1. The molecule has 1 heterocycles. The average Bonchev–Trinajstić information content (AvgIpc) is 2.43. The monoisotopic (exact) mass is 263 g/mol. The Bertz CT molecular complexity index is 450. The van der Waals surface area contributed by atoms with Crippen LogP contribution in [0.25, 0.3) is 0 Å². The molecule has 1 aliphatic heterocycles. The highest BCUT2D eigenvalue weighted by Crippen LogP contribution is 2.09. The summed E-state index contributed by atoms with van der Waals surface area (Å²) in [6, 6.07) is 8.77. The first-order valence-corrected chi connectivity index (χ1v) is 6.20. The largest absolute Gasteiger partial charge is 0.445 e. The summed E-state index contributed by atoms with van der Waals surface area (Å²) in [5, 5.41) is 3.67. The quantitative estimate of drug-likeness (QED) is 0.623. The normalized spacial score (nSPS) is 19.1. The van der Waals surface area contributed by atoms with Crippen molar-refractivity contribution < 1.29 is 14.3 Å². The highest BCUT2D eigenvalue weighted by atomic mass is 16.5. The fraction of sp³-hybridized carbons (Fsp3) is 0.385. The topological polar surface area (TPSA) is 84.7 Å². The Kier molecular flexibility index (Phi) is 4.35. The molecule has 3 N–H and O–H groups in total. The zero-order valence-corrected chi connectivity index (χ0v) is 10.5. The van der Waals surface area contributed by atoms with Gasteiger partial charge in [-0.1, -0.05) is 30.3 Å². The van der Waals surface area contributed by atoms with E-state index in [0.29, 0.717) is 13.0 Å². The Morgan fingerprint density at radius 1 is 1.42 bits per heavy atom. The molecule has 0 unspecified atom stereocenters.